The molecule has 27 heavy (non-hydrogen) atoms. The Bertz CT molecular complexity index is 694. The summed E-state index contributed by atoms with van der Waals surface area (Å²) in [5.41, 5.74) is 1.53. The Balaban J connectivity index is 1.36. The second-order valence-electron chi connectivity index (χ2n) is 8.45. The fourth-order valence-electron chi connectivity index (χ4n) is 4.71. The maximum atomic E-state index is 12.7. The summed E-state index contributed by atoms with van der Waals surface area (Å²) in [6, 6.07) is 0. The predicted molar refractivity (Wildman–Crippen MR) is 102 cm³/mol. The first-order valence-electron chi connectivity index (χ1n) is 10.1. The zero-order chi connectivity index (χ0) is 19.0. The Morgan fingerprint density at radius 3 is 2.63 bits per heavy atom. The number of anilines is 1. The molecule has 1 spiro atoms. The molecule has 7 nitrogen and oxygen atoms in total. The number of rotatable bonds is 3. The summed E-state index contributed by atoms with van der Waals surface area (Å²) in [6.45, 7) is 8.16. The summed E-state index contributed by atoms with van der Waals surface area (Å²) in [6.07, 6.45) is 5.69. The summed E-state index contributed by atoms with van der Waals surface area (Å²) in [7, 11) is 0. The van der Waals surface area contributed by atoms with Crippen molar-refractivity contribution < 1.29 is 14.6 Å². The first kappa shape index (κ1) is 18.6. The molecule has 0 radical (unpaired) electrons. The number of aliphatic hydroxyl groups excluding tert-OH is 1. The number of esters is 1. The second-order valence-corrected chi connectivity index (χ2v) is 8.45. The molecular weight excluding hydrogens is 344 g/mol. The van der Waals surface area contributed by atoms with Gasteiger partial charge in [-0.3, -0.25) is 14.7 Å². The van der Waals surface area contributed by atoms with Crippen molar-refractivity contribution in [1.29, 1.82) is 0 Å². The largest absolute Gasteiger partial charge is 0.461 e. The number of carbonyl (C=O) groups is 1. The molecule has 1 aromatic heterocycles. The van der Waals surface area contributed by atoms with E-state index in [4.69, 9.17) is 4.74 Å². The Hall–Kier alpha value is -1.73. The van der Waals surface area contributed by atoms with Crippen molar-refractivity contribution in [1.82, 2.24) is 14.9 Å². The number of hydrogen-bond acceptors (Lipinski definition) is 7. The molecule has 4 heterocycles. The van der Waals surface area contributed by atoms with E-state index >= 15 is 0 Å². The van der Waals surface area contributed by atoms with Crippen LogP contribution >= 0.6 is 0 Å². The monoisotopic (exact) mass is 374 g/mol. The van der Waals surface area contributed by atoms with E-state index in [0.29, 0.717) is 0 Å². The molecule has 0 amide bonds. The SMILES string of the molecule is Cc1cnc(C)c(N2CCC3(CC2)CC(CN2CCC(O)CC2)OC3=O)n1. The summed E-state index contributed by atoms with van der Waals surface area (Å²) >= 11 is 0. The Morgan fingerprint density at radius 2 is 1.93 bits per heavy atom. The van der Waals surface area contributed by atoms with E-state index in [9.17, 15) is 9.90 Å². The van der Waals surface area contributed by atoms with Crippen molar-refractivity contribution in [2.45, 2.75) is 58.2 Å². The maximum Gasteiger partial charge on any atom is 0.312 e. The van der Waals surface area contributed by atoms with Crippen molar-refractivity contribution in [2.24, 2.45) is 5.41 Å². The van der Waals surface area contributed by atoms with Gasteiger partial charge in [0, 0.05) is 45.3 Å². The number of aliphatic hydroxyl groups is 1. The Labute approximate surface area is 160 Å². The quantitative estimate of drug-likeness (QED) is 0.802. The molecule has 1 aromatic rings. The number of piperidine rings is 2. The third-order valence-corrected chi connectivity index (χ3v) is 6.42. The zero-order valence-corrected chi connectivity index (χ0v) is 16.4. The van der Waals surface area contributed by atoms with Gasteiger partial charge in [0.05, 0.1) is 22.9 Å². The zero-order valence-electron chi connectivity index (χ0n) is 16.4. The summed E-state index contributed by atoms with van der Waals surface area (Å²) in [5, 5.41) is 9.66. The lowest BCUT2D eigenvalue weighted by Gasteiger charge is -2.37. The lowest BCUT2D eigenvalue weighted by Crippen LogP contribution is -2.43. The highest BCUT2D eigenvalue weighted by Gasteiger charge is 2.50. The van der Waals surface area contributed by atoms with Gasteiger partial charge in [-0.25, -0.2) is 4.98 Å². The van der Waals surface area contributed by atoms with E-state index in [1.807, 2.05) is 13.8 Å². The van der Waals surface area contributed by atoms with Crippen molar-refractivity contribution in [2.75, 3.05) is 37.6 Å². The third kappa shape index (κ3) is 3.80. The molecule has 1 atom stereocenters. The first-order chi connectivity index (χ1) is 12.9. The number of cyclic esters (lactones) is 1. The molecule has 1 N–H and O–H groups in total. The minimum absolute atomic E-state index is 0.0141. The van der Waals surface area contributed by atoms with Gasteiger partial charge in [0.1, 0.15) is 11.9 Å². The minimum atomic E-state index is -0.332. The predicted octanol–water partition coefficient (Wildman–Crippen LogP) is 1.45. The van der Waals surface area contributed by atoms with Crippen LogP contribution in [-0.4, -0.2) is 70.9 Å². The van der Waals surface area contributed by atoms with Crippen LogP contribution in [0.3, 0.4) is 0 Å². The van der Waals surface area contributed by atoms with E-state index in [-0.39, 0.29) is 23.6 Å². The molecule has 0 aliphatic carbocycles. The van der Waals surface area contributed by atoms with Crippen molar-refractivity contribution >= 4 is 11.8 Å². The number of nitrogens with zero attached hydrogens (tertiary/aromatic N) is 4. The van der Waals surface area contributed by atoms with Gasteiger partial charge in [0.2, 0.25) is 0 Å². The van der Waals surface area contributed by atoms with Gasteiger partial charge in [0.25, 0.3) is 0 Å². The fourth-order valence-corrected chi connectivity index (χ4v) is 4.71. The van der Waals surface area contributed by atoms with Gasteiger partial charge in [0.15, 0.2) is 0 Å². The average Bonchev–Trinajstić information content (AvgIpc) is 2.95. The third-order valence-electron chi connectivity index (χ3n) is 6.42. The van der Waals surface area contributed by atoms with E-state index in [0.717, 1.165) is 82.0 Å². The van der Waals surface area contributed by atoms with Gasteiger partial charge in [-0.2, -0.15) is 0 Å². The topological polar surface area (TPSA) is 78.8 Å². The molecule has 3 fully saturated rings. The van der Waals surface area contributed by atoms with Crippen LogP contribution in [0.25, 0.3) is 0 Å². The lowest BCUT2D eigenvalue weighted by atomic mass is 9.76. The van der Waals surface area contributed by atoms with Crippen molar-refractivity contribution in [3.8, 4) is 0 Å². The van der Waals surface area contributed by atoms with Gasteiger partial charge < -0.3 is 14.7 Å². The number of aromatic nitrogens is 2. The number of likely N-dealkylation sites (tertiary alicyclic amines) is 1. The lowest BCUT2D eigenvalue weighted by molar-refractivity contribution is -0.150. The number of hydrogen-bond donors (Lipinski definition) is 1. The van der Waals surface area contributed by atoms with Gasteiger partial charge >= 0.3 is 5.97 Å². The number of carbonyl (C=O) groups excluding carboxylic acids is 1. The Morgan fingerprint density at radius 1 is 1.22 bits per heavy atom. The summed E-state index contributed by atoms with van der Waals surface area (Å²) in [5.74, 6) is 0.927. The first-order valence-corrected chi connectivity index (χ1v) is 10.1. The van der Waals surface area contributed by atoms with Gasteiger partial charge in [-0.15, -0.1) is 0 Å². The van der Waals surface area contributed by atoms with Crippen LogP contribution in [0.1, 0.15) is 43.5 Å². The second kappa shape index (κ2) is 7.36. The highest BCUT2D eigenvalue weighted by atomic mass is 16.6. The Kier molecular flexibility index (Phi) is 5.07. The van der Waals surface area contributed by atoms with Crippen LogP contribution in [-0.2, 0) is 9.53 Å². The van der Waals surface area contributed by atoms with Crippen LogP contribution in [0, 0.1) is 19.3 Å². The maximum absolute atomic E-state index is 12.7. The molecule has 148 valence electrons. The van der Waals surface area contributed by atoms with E-state index in [1.165, 1.54) is 0 Å². The van der Waals surface area contributed by atoms with Crippen molar-refractivity contribution in [3.05, 3.63) is 17.6 Å². The smallest absolute Gasteiger partial charge is 0.312 e. The van der Waals surface area contributed by atoms with Crippen molar-refractivity contribution in [3.63, 3.8) is 0 Å². The highest BCUT2D eigenvalue weighted by Crippen LogP contribution is 2.44. The van der Waals surface area contributed by atoms with Crippen LogP contribution in [0.2, 0.25) is 0 Å². The molecule has 0 aromatic carbocycles. The molecule has 3 aliphatic heterocycles. The molecule has 0 saturated carbocycles. The van der Waals surface area contributed by atoms with Crippen LogP contribution in [0.4, 0.5) is 5.82 Å². The van der Waals surface area contributed by atoms with Crippen LogP contribution in [0.5, 0.6) is 0 Å². The molecular formula is C20H30N4O3. The minimum Gasteiger partial charge on any atom is -0.461 e. The van der Waals surface area contributed by atoms with Crippen LogP contribution in [0.15, 0.2) is 6.20 Å². The summed E-state index contributed by atoms with van der Waals surface area (Å²) < 4.78 is 5.78. The molecule has 1 unspecified atom stereocenters. The standard InChI is InChI=1S/C20H30N4O3/c1-14-12-21-15(2)18(22-14)24-9-5-20(6-10-24)11-17(27-19(20)26)13-23-7-3-16(25)4-8-23/h12,16-17,25H,3-11,13H2,1-2H3. The van der Waals surface area contributed by atoms with Crippen LogP contribution < -0.4 is 4.90 Å². The average molecular weight is 374 g/mol. The van der Waals surface area contributed by atoms with E-state index in [2.05, 4.69) is 19.8 Å². The normalized spacial score (nSPS) is 26.6. The molecule has 7 heteroatoms. The molecule has 3 aliphatic rings. The molecule has 3 saturated heterocycles. The summed E-state index contributed by atoms with van der Waals surface area (Å²) in [4.78, 5) is 26.3. The molecule has 0 bridgehead atoms. The number of aryl methyl sites for hydroxylation is 2. The van der Waals surface area contributed by atoms with Gasteiger partial charge in [-0.05, 0) is 39.5 Å². The number of ether oxygens (including phenoxy) is 1. The molecule has 4 rings (SSSR count). The fraction of sp³-hybridized carbons (Fsp3) is 0.750. The van der Waals surface area contributed by atoms with Gasteiger partial charge in [-0.1, -0.05) is 0 Å². The van der Waals surface area contributed by atoms with E-state index in [1.54, 1.807) is 6.20 Å². The highest BCUT2D eigenvalue weighted by molar-refractivity contribution is 5.79. The van der Waals surface area contributed by atoms with E-state index < -0.39 is 0 Å².